The molecule has 2 N–H and O–H groups in total. The van der Waals surface area contributed by atoms with E-state index in [2.05, 4.69) is 0 Å². The number of hydrogen-bond acceptors (Lipinski definition) is 2. The topological polar surface area (TPSA) is 74.6 Å². The summed E-state index contributed by atoms with van der Waals surface area (Å²) in [5, 5.41) is 19.4. The molecule has 1 aliphatic rings. The summed E-state index contributed by atoms with van der Waals surface area (Å²) in [4.78, 5) is 23.6. The van der Waals surface area contributed by atoms with E-state index in [9.17, 15) is 19.8 Å². The van der Waals surface area contributed by atoms with Crippen LogP contribution < -0.4 is 0 Å². The zero-order valence-corrected chi connectivity index (χ0v) is 12.7. The molecule has 114 valence electrons. The van der Waals surface area contributed by atoms with Crippen LogP contribution in [0.3, 0.4) is 0 Å². The molecule has 0 saturated heterocycles. The first-order chi connectivity index (χ1) is 9.35. The second-order valence-electron chi connectivity index (χ2n) is 6.18. The van der Waals surface area contributed by atoms with Gasteiger partial charge in [-0.15, -0.1) is 0 Å². The van der Waals surface area contributed by atoms with Crippen molar-refractivity contribution in [3.63, 3.8) is 0 Å². The molecule has 0 radical (unpaired) electrons. The van der Waals surface area contributed by atoms with Gasteiger partial charge in [0.05, 0.1) is 11.0 Å². The van der Waals surface area contributed by atoms with Crippen molar-refractivity contribution in [1.29, 1.82) is 0 Å². The van der Waals surface area contributed by atoms with Crippen molar-refractivity contribution in [2.24, 2.45) is 11.3 Å². The van der Waals surface area contributed by atoms with E-state index in [0.29, 0.717) is 12.8 Å². The van der Waals surface area contributed by atoms with Gasteiger partial charge >= 0.3 is 11.9 Å². The van der Waals surface area contributed by atoms with Crippen LogP contribution in [0.25, 0.3) is 0 Å². The number of carbonyl (C=O) groups is 2. The van der Waals surface area contributed by atoms with E-state index in [1.54, 1.807) is 6.92 Å². The molecular weight excluding hydrogens is 256 g/mol. The van der Waals surface area contributed by atoms with Crippen LogP contribution in [0.15, 0.2) is 11.1 Å². The van der Waals surface area contributed by atoms with Gasteiger partial charge in [0, 0.05) is 0 Å². The zero-order chi connectivity index (χ0) is 15.3. The van der Waals surface area contributed by atoms with Crippen LogP contribution in [0.1, 0.15) is 65.7 Å². The molecule has 0 bridgehead atoms. The van der Waals surface area contributed by atoms with E-state index in [1.807, 2.05) is 13.8 Å². The van der Waals surface area contributed by atoms with Gasteiger partial charge in [-0.2, -0.15) is 0 Å². The van der Waals surface area contributed by atoms with Crippen molar-refractivity contribution in [1.82, 2.24) is 0 Å². The van der Waals surface area contributed by atoms with Gasteiger partial charge in [0.15, 0.2) is 0 Å². The molecule has 1 rings (SSSR count). The van der Waals surface area contributed by atoms with Gasteiger partial charge in [-0.25, -0.2) is 4.79 Å². The van der Waals surface area contributed by atoms with Crippen molar-refractivity contribution < 1.29 is 19.8 Å². The van der Waals surface area contributed by atoms with Gasteiger partial charge < -0.3 is 10.2 Å². The van der Waals surface area contributed by atoms with Gasteiger partial charge in [0.2, 0.25) is 0 Å². The highest BCUT2D eigenvalue weighted by atomic mass is 16.4. The van der Waals surface area contributed by atoms with E-state index >= 15 is 0 Å². The van der Waals surface area contributed by atoms with Crippen LogP contribution in [-0.2, 0) is 9.59 Å². The number of aliphatic carboxylic acids is 2. The molecule has 1 atom stereocenters. The third kappa shape index (κ3) is 3.41. The fourth-order valence-electron chi connectivity index (χ4n) is 3.39. The highest BCUT2D eigenvalue weighted by Gasteiger charge is 2.45. The summed E-state index contributed by atoms with van der Waals surface area (Å²) < 4.78 is 0. The predicted molar refractivity (Wildman–Crippen MR) is 77.6 cm³/mol. The standard InChI is InChI=1S/C16H26O4/c1-4-16(15(19)20,10-11(2)3)13(14(17)18)12-8-6-5-7-9-12/h11H,4-10H2,1-3H3,(H,17,18)(H,19,20)/t16-/m0/s1. The first-order valence-electron chi connectivity index (χ1n) is 7.54. The van der Waals surface area contributed by atoms with E-state index in [1.165, 1.54) is 0 Å². The van der Waals surface area contributed by atoms with Crippen molar-refractivity contribution in [3.8, 4) is 0 Å². The van der Waals surface area contributed by atoms with Crippen molar-refractivity contribution >= 4 is 11.9 Å². The third-order valence-corrected chi connectivity index (χ3v) is 4.27. The Morgan fingerprint density at radius 1 is 1.15 bits per heavy atom. The summed E-state index contributed by atoms with van der Waals surface area (Å²) in [6, 6.07) is 0. The first-order valence-corrected chi connectivity index (χ1v) is 7.54. The minimum absolute atomic E-state index is 0.143. The third-order valence-electron chi connectivity index (χ3n) is 4.27. The summed E-state index contributed by atoms with van der Waals surface area (Å²) in [7, 11) is 0. The molecule has 0 amide bonds. The van der Waals surface area contributed by atoms with Gasteiger partial charge in [0.1, 0.15) is 0 Å². The lowest BCUT2D eigenvalue weighted by Gasteiger charge is -2.33. The maximum Gasteiger partial charge on any atom is 0.332 e. The largest absolute Gasteiger partial charge is 0.481 e. The highest BCUT2D eigenvalue weighted by molar-refractivity contribution is 5.97. The fraction of sp³-hybridized carbons (Fsp3) is 0.750. The molecule has 1 fully saturated rings. The van der Waals surface area contributed by atoms with Crippen LogP contribution in [-0.4, -0.2) is 22.2 Å². The van der Waals surface area contributed by atoms with E-state index < -0.39 is 17.4 Å². The predicted octanol–water partition coefficient (Wildman–Crippen LogP) is 3.86. The first kappa shape index (κ1) is 16.7. The van der Waals surface area contributed by atoms with Gasteiger partial charge in [-0.3, -0.25) is 4.79 Å². The molecule has 0 spiro atoms. The second-order valence-corrected chi connectivity index (χ2v) is 6.18. The monoisotopic (exact) mass is 282 g/mol. The fourth-order valence-corrected chi connectivity index (χ4v) is 3.39. The van der Waals surface area contributed by atoms with Gasteiger partial charge in [-0.05, 0) is 44.4 Å². The molecule has 4 nitrogen and oxygen atoms in total. The van der Waals surface area contributed by atoms with Crippen molar-refractivity contribution in [2.75, 3.05) is 0 Å². The summed E-state index contributed by atoms with van der Waals surface area (Å²) in [6.45, 7) is 5.67. The zero-order valence-electron chi connectivity index (χ0n) is 12.7. The Bertz CT molecular complexity index is 401. The van der Waals surface area contributed by atoms with Crippen molar-refractivity contribution in [3.05, 3.63) is 11.1 Å². The van der Waals surface area contributed by atoms with Crippen LogP contribution in [0, 0.1) is 11.3 Å². The number of hydrogen-bond donors (Lipinski definition) is 2. The molecular formula is C16H26O4. The number of carboxylic acid groups (broad SMARTS) is 2. The molecule has 0 unspecified atom stereocenters. The molecule has 0 aliphatic heterocycles. The van der Waals surface area contributed by atoms with E-state index in [-0.39, 0.29) is 11.5 Å². The Kier molecular flexibility index (Phi) is 5.78. The average molecular weight is 282 g/mol. The molecule has 1 aliphatic carbocycles. The highest BCUT2D eigenvalue weighted by Crippen LogP contribution is 2.43. The lowest BCUT2D eigenvalue weighted by molar-refractivity contribution is -0.151. The summed E-state index contributed by atoms with van der Waals surface area (Å²) in [5.41, 5.74) is -0.221. The lowest BCUT2D eigenvalue weighted by Crippen LogP contribution is -2.38. The van der Waals surface area contributed by atoms with Crippen LogP contribution in [0.5, 0.6) is 0 Å². The molecule has 4 heteroatoms. The minimum Gasteiger partial charge on any atom is -0.481 e. The number of carboxylic acids is 2. The van der Waals surface area contributed by atoms with Gasteiger partial charge in [0.25, 0.3) is 0 Å². The molecule has 1 saturated carbocycles. The Balaban J connectivity index is 3.38. The summed E-state index contributed by atoms with van der Waals surface area (Å²) in [6.07, 6.45) is 5.20. The normalized spacial score (nSPS) is 18.7. The maximum atomic E-state index is 11.9. The Morgan fingerprint density at radius 3 is 2.05 bits per heavy atom. The molecule has 20 heavy (non-hydrogen) atoms. The average Bonchev–Trinajstić information content (AvgIpc) is 2.37. The van der Waals surface area contributed by atoms with E-state index in [4.69, 9.17) is 0 Å². The number of rotatable bonds is 6. The van der Waals surface area contributed by atoms with Crippen LogP contribution in [0.2, 0.25) is 0 Å². The minimum atomic E-state index is -1.24. The molecule has 0 aromatic carbocycles. The van der Waals surface area contributed by atoms with Crippen molar-refractivity contribution in [2.45, 2.75) is 65.7 Å². The molecule has 0 heterocycles. The Hall–Kier alpha value is -1.32. The molecule has 0 aromatic rings. The SMILES string of the molecule is CC[C@@](CC(C)C)(C(=O)O)C(C(=O)O)=C1CCCCC1. The quantitative estimate of drug-likeness (QED) is 0.725. The second kappa shape index (κ2) is 6.91. The Morgan fingerprint density at radius 2 is 1.70 bits per heavy atom. The van der Waals surface area contributed by atoms with Crippen LogP contribution >= 0.6 is 0 Å². The Labute approximate surface area is 120 Å². The summed E-state index contributed by atoms with van der Waals surface area (Å²) in [5.74, 6) is -1.90. The molecule has 0 aromatic heterocycles. The van der Waals surface area contributed by atoms with E-state index in [0.717, 1.165) is 37.7 Å². The van der Waals surface area contributed by atoms with Crippen LogP contribution in [0.4, 0.5) is 0 Å². The smallest absolute Gasteiger partial charge is 0.332 e. The number of allylic oxidation sites excluding steroid dienone is 1. The van der Waals surface area contributed by atoms with Gasteiger partial charge in [-0.1, -0.05) is 32.8 Å². The maximum absolute atomic E-state index is 11.9. The lowest BCUT2D eigenvalue weighted by atomic mass is 9.69. The summed E-state index contributed by atoms with van der Waals surface area (Å²) >= 11 is 0.